The summed E-state index contributed by atoms with van der Waals surface area (Å²) in [5, 5.41) is 18.0. The average Bonchev–Trinajstić information content (AvgIpc) is 3.76. The molecule has 8 nitrogen and oxygen atoms in total. The maximum Gasteiger partial charge on any atom is 0.346 e. The van der Waals surface area contributed by atoms with Crippen LogP contribution in [0.25, 0.3) is 22.5 Å². The van der Waals surface area contributed by atoms with Gasteiger partial charge in [0, 0.05) is 12.1 Å². The van der Waals surface area contributed by atoms with E-state index < -0.39 is 5.54 Å². The fraction of sp³-hybridized carbons (Fsp3) is 0.154. The lowest BCUT2D eigenvalue weighted by molar-refractivity contribution is 0.451. The van der Waals surface area contributed by atoms with Gasteiger partial charge in [-0.25, -0.2) is 14.2 Å². The van der Waals surface area contributed by atoms with Crippen LogP contribution in [0.1, 0.15) is 42.0 Å². The molecule has 232 valence electrons. The molecule has 0 bridgehead atoms. The highest BCUT2D eigenvalue weighted by atomic mass is 16.2. The van der Waals surface area contributed by atoms with Gasteiger partial charge in [-0.2, -0.15) is 5.10 Å². The quantitative estimate of drug-likeness (QED) is 0.145. The van der Waals surface area contributed by atoms with E-state index in [4.69, 9.17) is 5.21 Å². The highest BCUT2D eigenvalue weighted by molar-refractivity contribution is 5.81. The van der Waals surface area contributed by atoms with Crippen molar-refractivity contribution in [2.24, 2.45) is 0 Å². The van der Waals surface area contributed by atoms with Gasteiger partial charge in [0.05, 0.1) is 6.54 Å². The number of hydrogen-bond acceptors (Lipinski definition) is 5. The van der Waals surface area contributed by atoms with Gasteiger partial charge in [0.25, 0.3) is 0 Å². The van der Waals surface area contributed by atoms with E-state index in [0.717, 1.165) is 51.8 Å². The first-order valence-electron chi connectivity index (χ1n) is 16.0. The zero-order valence-electron chi connectivity index (χ0n) is 26.2. The van der Waals surface area contributed by atoms with Gasteiger partial charge in [-0.05, 0) is 50.2 Å². The molecular weight excluding hydrogens is 582 g/mol. The molecule has 7 rings (SSSR count). The molecular formula is C39H35N7O. The van der Waals surface area contributed by atoms with Crippen molar-refractivity contribution in [2.45, 2.75) is 38.4 Å². The van der Waals surface area contributed by atoms with E-state index in [-0.39, 0.29) is 5.69 Å². The van der Waals surface area contributed by atoms with Crippen LogP contribution in [0.4, 0.5) is 0 Å². The van der Waals surface area contributed by atoms with Crippen molar-refractivity contribution in [2.75, 3.05) is 0 Å². The van der Waals surface area contributed by atoms with E-state index in [1.165, 1.54) is 0 Å². The molecule has 0 radical (unpaired) electrons. The first kappa shape index (κ1) is 29.8. The number of aryl methyl sites for hydroxylation is 1. The van der Waals surface area contributed by atoms with Crippen molar-refractivity contribution >= 4 is 0 Å². The van der Waals surface area contributed by atoms with Crippen LogP contribution >= 0.6 is 0 Å². The summed E-state index contributed by atoms with van der Waals surface area (Å²) in [4.78, 5) is 12.8. The normalized spacial score (nSPS) is 11.5. The number of benzene rings is 5. The van der Waals surface area contributed by atoms with Gasteiger partial charge in [-0.3, -0.25) is 4.57 Å². The van der Waals surface area contributed by atoms with Gasteiger partial charge in [0.2, 0.25) is 0 Å². The van der Waals surface area contributed by atoms with Crippen molar-refractivity contribution < 1.29 is 0 Å². The molecule has 8 heteroatoms. The lowest BCUT2D eigenvalue weighted by atomic mass is 9.77. The molecule has 5 aromatic carbocycles. The number of unbranched alkanes of at least 4 members (excludes halogenated alkanes) is 1. The van der Waals surface area contributed by atoms with Crippen molar-refractivity contribution in [3.63, 3.8) is 0 Å². The van der Waals surface area contributed by atoms with Gasteiger partial charge in [-0.15, -0.1) is 5.10 Å². The molecule has 0 aliphatic heterocycles. The van der Waals surface area contributed by atoms with Gasteiger partial charge < -0.3 is 0 Å². The Bertz CT molecular complexity index is 2020. The van der Waals surface area contributed by atoms with Gasteiger partial charge in [-0.1, -0.05) is 153 Å². The van der Waals surface area contributed by atoms with E-state index in [2.05, 4.69) is 132 Å². The zero-order chi connectivity index (χ0) is 32.1. The van der Waals surface area contributed by atoms with E-state index in [1.807, 2.05) is 35.0 Å². The molecule has 2 heterocycles. The summed E-state index contributed by atoms with van der Waals surface area (Å²) in [7, 11) is 0. The zero-order valence-corrected chi connectivity index (χ0v) is 26.2. The Labute approximate surface area is 273 Å². The van der Waals surface area contributed by atoms with Gasteiger partial charge in [0.15, 0.2) is 5.82 Å². The maximum atomic E-state index is 12.8. The summed E-state index contributed by atoms with van der Waals surface area (Å²) < 4.78 is 5.16. The van der Waals surface area contributed by atoms with Crippen LogP contribution in [0.15, 0.2) is 151 Å². The Balaban J connectivity index is 1.33. The number of tetrazole rings is 1. The first-order valence-corrected chi connectivity index (χ1v) is 16.0. The number of rotatable bonds is 11. The van der Waals surface area contributed by atoms with Gasteiger partial charge in [0.1, 0.15) is 11.9 Å². The monoisotopic (exact) mass is 617 g/mol. The molecule has 7 aromatic rings. The summed E-state index contributed by atoms with van der Waals surface area (Å²) in [6.45, 7) is 3.20. The second-order valence-corrected chi connectivity index (χ2v) is 11.6. The Morgan fingerprint density at radius 2 is 1.21 bits per heavy atom. The van der Waals surface area contributed by atoms with Crippen LogP contribution in [-0.4, -0.2) is 34.6 Å². The number of aromatic nitrogens is 7. The largest absolute Gasteiger partial charge is 0.346 e. The summed E-state index contributed by atoms with van der Waals surface area (Å²) in [6.07, 6.45) is 3.57. The smallest absolute Gasteiger partial charge is 0.277 e. The molecule has 0 aliphatic carbocycles. The highest BCUT2D eigenvalue weighted by Crippen LogP contribution is 2.43. The standard InChI is InChI=1S/C39H35N7O/c1-2-3-27-45-38(47)44(29-40-45)28-30-23-25-31(26-24-30)35-21-13-14-22-36(35)37-41-42-43-46(37)39(32-15-7-4-8-16-32,33-17-9-5-10-18-33)34-19-11-6-12-20-34/h4-26,29H,2-3,27-28H2,1H3. The molecule has 0 saturated carbocycles. The molecule has 0 spiro atoms. The molecule has 0 fully saturated rings. The second-order valence-electron chi connectivity index (χ2n) is 11.6. The van der Waals surface area contributed by atoms with E-state index in [9.17, 15) is 4.79 Å². The molecule has 0 N–H and O–H groups in total. The van der Waals surface area contributed by atoms with Crippen molar-refractivity contribution in [1.82, 2.24) is 34.6 Å². The first-order chi connectivity index (χ1) is 23.2. The van der Waals surface area contributed by atoms with Crippen LogP contribution < -0.4 is 5.69 Å². The SMILES string of the molecule is CCCCn1ncn(Cc2ccc(-c3ccccc3-c3nnnn3C(c3ccccc3)(c3ccccc3)c3ccccc3)cc2)c1=O. The Hall–Kier alpha value is -5.89. The predicted octanol–water partition coefficient (Wildman–Crippen LogP) is 7.05. The number of hydrogen-bond donors (Lipinski definition) is 0. The van der Waals surface area contributed by atoms with Crippen LogP contribution in [0.3, 0.4) is 0 Å². The van der Waals surface area contributed by atoms with Crippen LogP contribution in [0.2, 0.25) is 0 Å². The van der Waals surface area contributed by atoms with Crippen LogP contribution in [0, 0.1) is 0 Å². The molecule has 0 saturated heterocycles. The second kappa shape index (κ2) is 13.2. The predicted molar refractivity (Wildman–Crippen MR) is 184 cm³/mol. The lowest BCUT2D eigenvalue weighted by Crippen LogP contribution is -2.39. The minimum atomic E-state index is -0.853. The minimum Gasteiger partial charge on any atom is -0.277 e. The third-order valence-electron chi connectivity index (χ3n) is 8.67. The molecule has 0 amide bonds. The molecule has 2 aromatic heterocycles. The number of nitrogens with zero attached hydrogens (tertiary/aromatic N) is 7. The summed E-state index contributed by atoms with van der Waals surface area (Å²) in [5.41, 5.74) is 6.14. The van der Waals surface area contributed by atoms with Crippen molar-refractivity contribution in [3.8, 4) is 22.5 Å². The molecule has 47 heavy (non-hydrogen) atoms. The lowest BCUT2D eigenvalue weighted by Gasteiger charge is -2.36. The molecule has 0 aliphatic rings. The third-order valence-corrected chi connectivity index (χ3v) is 8.67. The fourth-order valence-electron chi connectivity index (χ4n) is 6.34. The van der Waals surface area contributed by atoms with E-state index in [1.54, 1.807) is 15.6 Å². The van der Waals surface area contributed by atoms with Crippen LogP contribution in [0.5, 0.6) is 0 Å². The van der Waals surface area contributed by atoms with E-state index in [0.29, 0.717) is 18.9 Å². The molecule has 0 unspecified atom stereocenters. The fourth-order valence-corrected chi connectivity index (χ4v) is 6.34. The Morgan fingerprint density at radius 1 is 0.660 bits per heavy atom. The Morgan fingerprint density at radius 3 is 1.79 bits per heavy atom. The average molecular weight is 618 g/mol. The minimum absolute atomic E-state index is 0.0848. The summed E-state index contributed by atoms with van der Waals surface area (Å²) >= 11 is 0. The van der Waals surface area contributed by atoms with Crippen molar-refractivity contribution in [1.29, 1.82) is 0 Å². The summed E-state index contributed by atoms with van der Waals surface area (Å²) in [5.74, 6) is 0.646. The van der Waals surface area contributed by atoms with Gasteiger partial charge >= 0.3 is 5.69 Å². The maximum absolute atomic E-state index is 12.8. The Kier molecular flexibility index (Phi) is 8.39. The third kappa shape index (κ3) is 5.59. The topological polar surface area (TPSA) is 83.4 Å². The summed E-state index contributed by atoms with van der Waals surface area (Å²) in [6, 6.07) is 47.7. The highest BCUT2D eigenvalue weighted by Gasteiger charge is 2.42. The van der Waals surface area contributed by atoms with E-state index >= 15 is 0 Å². The van der Waals surface area contributed by atoms with Crippen molar-refractivity contribution in [3.05, 3.63) is 179 Å². The molecule has 0 atom stereocenters. The van der Waals surface area contributed by atoms with Crippen LogP contribution in [-0.2, 0) is 18.6 Å².